The van der Waals surface area contributed by atoms with E-state index in [1.54, 1.807) is 6.92 Å². The number of Topliss-reactive ketones (excluding diaryl/α,β-unsaturated/α-hetero) is 1. The van der Waals surface area contributed by atoms with Gasteiger partial charge in [-0.1, -0.05) is 6.07 Å². The maximum absolute atomic E-state index is 12.8. The van der Waals surface area contributed by atoms with Gasteiger partial charge >= 0.3 is 11.9 Å². The molecular formula is C32H35N3O9S. The Labute approximate surface area is 265 Å². The highest BCUT2D eigenvalue weighted by Crippen LogP contribution is 2.58. The number of phenols is 1. The van der Waals surface area contributed by atoms with Crippen LogP contribution in [0.25, 0.3) is 0 Å². The number of hydrogen-bond acceptors (Lipinski definition) is 13. The number of esters is 2. The van der Waals surface area contributed by atoms with Crippen LogP contribution < -0.4 is 18.9 Å². The fourth-order valence-corrected chi connectivity index (χ4v) is 8.38. The van der Waals surface area contributed by atoms with E-state index >= 15 is 0 Å². The Hall–Kier alpha value is -3.99. The zero-order valence-corrected chi connectivity index (χ0v) is 26.8. The quantitative estimate of drug-likeness (QED) is 0.298. The number of phenolic OH excluding ortho intramolecular Hbond substituents is 1. The second-order valence-electron chi connectivity index (χ2n) is 12.0. The second kappa shape index (κ2) is 11.4. The topological polar surface area (TPSA) is 148 Å². The SMILES string of the molecule is COc1c(C)cc2c(c1O)[C@H](C)N(C)C[C@](C#N)(N1C[C@@H]3SCC(=O)C(=O)OC[C@H]1c1c4c(c(C)c(OC(C)=O)c13)OCO4)C2. The van der Waals surface area contributed by atoms with Crippen LogP contribution in [0.15, 0.2) is 6.07 Å². The summed E-state index contributed by atoms with van der Waals surface area (Å²) >= 11 is 1.23. The Bertz CT molecular complexity index is 1670. The van der Waals surface area contributed by atoms with Gasteiger partial charge in [-0.25, -0.2) is 4.79 Å². The number of carbonyl (C=O) groups excluding carboxylic acids is 3. The van der Waals surface area contributed by atoms with Gasteiger partial charge in [0.25, 0.3) is 0 Å². The van der Waals surface area contributed by atoms with E-state index in [9.17, 15) is 24.8 Å². The van der Waals surface area contributed by atoms with Crippen LogP contribution in [0, 0.1) is 25.2 Å². The minimum absolute atomic E-state index is 0.0428. The summed E-state index contributed by atoms with van der Waals surface area (Å²) in [6.07, 6.45) is 0.240. The fraction of sp³-hybridized carbons (Fsp3) is 0.500. The standard InChI is InChI=1S/C32H35N3O9S/c1-15-7-19-8-32(12-33,13-34(5)17(3)23(19)26(38)27(15)40-6)35-9-22-25-24(20(35)10-41-31(39)21(37)11-45-22)30-29(42-14-43-30)16(2)28(25)44-18(4)36/h7,17,20,22,38H,8-11,13-14H2,1-6H3/t17-,20-,22-,32-/m0/s1. The van der Waals surface area contributed by atoms with Crippen molar-refractivity contribution < 1.29 is 43.2 Å². The molecule has 0 amide bonds. The number of nitrogens with zero attached hydrogens (tertiary/aromatic N) is 3. The Kier molecular flexibility index (Phi) is 7.87. The molecule has 1 fully saturated rings. The van der Waals surface area contributed by atoms with Gasteiger partial charge in [-0.2, -0.15) is 5.26 Å². The number of rotatable bonds is 3. The highest BCUT2D eigenvalue weighted by atomic mass is 32.2. The molecule has 6 rings (SSSR count). The van der Waals surface area contributed by atoms with Crippen molar-refractivity contribution in [3.05, 3.63) is 39.4 Å². The molecule has 4 heterocycles. The van der Waals surface area contributed by atoms with E-state index < -0.39 is 34.6 Å². The van der Waals surface area contributed by atoms with Crippen LogP contribution in [0.4, 0.5) is 0 Å². The maximum atomic E-state index is 12.8. The maximum Gasteiger partial charge on any atom is 0.375 e. The van der Waals surface area contributed by atoms with Gasteiger partial charge < -0.3 is 28.8 Å². The third-order valence-electron chi connectivity index (χ3n) is 9.33. The van der Waals surface area contributed by atoms with Crippen molar-refractivity contribution in [1.29, 1.82) is 5.26 Å². The normalized spacial score (nSPS) is 26.3. The van der Waals surface area contributed by atoms with E-state index in [4.69, 9.17) is 23.7 Å². The lowest BCUT2D eigenvalue weighted by Crippen LogP contribution is -2.59. The highest BCUT2D eigenvalue weighted by molar-refractivity contribution is 8.00. The number of ketones is 1. The first-order valence-corrected chi connectivity index (χ1v) is 15.7. The number of thioether (sulfide) groups is 1. The van der Waals surface area contributed by atoms with Crippen LogP contribution in [-0.2, 0) is 25.5 Å². The molecule has 0 radical (unpaired) electrons. The Morgan fingerprint density at radius 2 is 1.89 bits per heavy atom. The number of benzene rings is 2. The highest BCUT2D eigenvalue weighted by Gasteiger charge is 2.53. The van der Waals surface area contributed by atoms with E-state index in [1.807, 2.05) is 36.8 Å². The van der Waals surface area contributed by atoms with Crippen molar-refractivity contribution >= 4 is 29.5 Å². The lowest BCUT2D eigenvalue weighted by Gasteiger charge is -2.50. The number of fused-ring (bicyclic) bond motifs is 9. The lowest BCUT2D eigenvalue weighted by molar-refractivity contribution is -0.155. The molecule has 2 aromatic rings. The van der Waals surface area contributed by atoms with Gasteiger partial charge in [-0.3, -0.25) is 19.4 Å². The zero-order valence-electron chi connectivity index (χ0n) is 26.0. The van der Waals surface area contributed by atoms with E-state index in [0.717, 1.165) is 11.1 Å². The summed E-state index contributed by atoms with van der Waals surface area (Å²) in [7, 11) is 3.41. The molecule has 1 saturated heterocycles. The molecule has 0 saturated carbocycles. The molecular weight excluding hydrogens is 602 g/mol. The lowest BCUT2D eigenvalue weighted by atomic mass is 9.81. The Morgan fingerprint density at radius 3 is 2.58 bits per heavy atom. The molecule has 2 bridgehead atoms. The van der Waals surface area contributed by atoms with E-state index in [2.05, 4.69) is 6.07 Å². The number of aromatic hydroxyl groups is 1. The molecule has 1 N–H and O–H groups in total. The zero-order chi connectivity index (χ0) is 32.4. The minimum atomic E-state index is -1.20. The monoisotopic (exact) mass is 637 g/mol. The molecule has 45 heavy (non-hydrogen) atoms. The first-order valence-electron chi connectivity index (χ1n) is 14.7. The minimum Gasteiger partial charge on any atom is -0.504 e. The number of carbonyl (C=O) groups is 3. The third-order valence-corrected chi connectivity index (χ3v) is 10.5. The van der Waals surface area contributed by atoms with Crippen molar-refractivity contribution in [3.63, 3.8) is 0 Å². The molecule has 0 unspecified atom stereocenters. The van der Waals surface area contributed by atoms with Crippen LogP contribution in [0.1, 0.15) is 64.6 Å². The number of cyclic esters (lactones) is 1. The smallest absolute Gasteiger partial charge is 0.375 e. The molecule has 238 valence electrons. The summed E-state index contributed by atoms with van der Waals surface area (Å²) in [5.41, 5.74) is 2.86. The molecule has 0 spiro atoms. The summed E-state index contributed by atoms with van der Waals surface area (Å²) in [6, 6.07) is 3.55. The van der Waals surface area contributed by atoms with Crippen LogP contribution in [0.3, 0.4) is 0 Å². The van der Waals surface area contributed by atoms with Crippen molar-refractivity contribution in [2.24, 2.45) is 0 Å². The summed E-state index contributed by atoms with van der Waals surface area (Å²) < 4.78 is 28.8. The van der Waals surface area contributed by atoms with Crippen molar-refractivity contribution in [2.75, 3.05) is 46.4 Å². The summed E-state index contributed by atoms with van der Waals surface area (Å²) in [5, 5.41) is 22.0. The number of likely N-dealkylation sites (N-methyl/N-ethyl adjacent to an activating group) is 1. The average molecular weight is 638 g/mol. The molecule has 2 aromatic carbocycles. The van der Waals surface area contributed by atoms with Crippen LogP contribution in [-0.4, -0.2) is 84.6 Å². The fourth-order valence-electron chi connectivity index (χ4n) is 7.25. The van der Waals surface area contributed by atoms with E-state index in [0.29, 0.717) is 45.3 Å². The first kappa shape index (κ1) is 31.0. The van der Waals surface area contributed by atoms with Gasteiger partial charge in [-0.05, 0) is 38.9 Å². The van der Waals surface area contributed by atoms with Gasteiger partial charge in [0.2, 0.25) is 12.6 Å². The van der Waals surface area contributed by atoms with Crippen molar-refractivity contribution in [1.82, 2.24) is 9.80 Å². The molecule has 13 heteroatoms. The van der Waals surface area contributed by atoms with Gasteiger partial charge in [0.15, 0.2) is 23.0 Å². The average Bonchev–Trinajstić information content (AvgIpc) is 3.46. The predicted molar refractivity (Wildman–Crippen MR) is 162 cm³/mol. The van der Waals surface area contributed by atoms with Crippen molar-refractivity contribution in [3.8, 4) is 34.8 Å². The molecule has 0 aliphatic carbocycles. The van der Waals surface area contributed by atoms with Gasteiger partial charge in [0.1, 0.15) is 17.9 Å². The van der Waals surface area contributed by atoms with Gasteiger partial charge in [0, 0.05) is 60.0 Å². The number of methoxy groups -OCH3 is 1. The Morgan fingerprint density at radius 1 is 1.16 bits per heavy atom. The molecule has 4 aliphatic rings. The summed E-state index contributed by atoms with van der Waals surface area (Å²) in [5.74, 6) is -0.710. The molecule has 0 aromatic heterocycles. The molecule has 4 atom stereocenters. The third kappa shape index (κ3) is 4.86. The Balaban J connectivity index is 1.60. The summed E-state index contributed by atoms with van der Waals surface area (Å²) in [6.45, 7) is 7.15. The van der Waals surface area contributed by atoms with Crippen LogP contribution in [0.2, 0.25) is 0 Å². The summed E-state index contributed by atoms with van der Waals surface area (Å²) in [4.78, 5) is 41.8. The molecule has 12 nitrogen and oxygen atoms in total. The number of hydrogen-bond donors (Lipinski definition) is 1. The largest absolute Gasteiger partial charge is 0.504 e. The number of ether oxygens (including phenoxy) is 5. The van der Waals surface area contributed by atoms with E-state index in [1.165, 1.54) is 25.8 Å². The predicted octanol–water partition coefficient (Wildman–Crippen LogP) is 3.44. The number of nitriles is 1. The van der Waals surface area contributed by atoms with Crippen LogP contribution >= 0.6 is 11.8 Å². The van der Waals surface area contributed by atoms with Crippen LogP contribution in [0.5, 0.6) is 28.7 Å². The van der Waals surface area contributed by atoms with E-state index in [-0.39, 0.29) is 50.5 Å². The first-order chi connectivity index (χ1) is 21.4. The van der Waals surface area contributed by atoms with Gasteiger partial charge in [-0.15, -0.1) is 11.8 Å². The number of aryl methyl sites for hydroxylation is 1. The van der Waals surface area contributed by atoms with Crippen molar-refractivity contribution in [2.45, 2.75) is 57.0 Å². The van der Waals surface area contributed by atoms with Gasteiger partial charge in [0.05, 0.1) is 25.0 Å². The molecule has 4 aliphatic heterocycles. The second-order valence-corrected chi connectivity index (χ2v) is 13.2.